The maximum absolute atomic E-state index is 10.8. The molecule has 1 saturated heterocycles. The van der Waals surface area contributed by atoms with Gasteiger partial charge < -0.3 is 9.84 Å². The zero-order valence-electron chi connectivity index (χ0n) is 12.0. The van der Waals surface area contributed by atoms with E-state index >= 15 is 0 Å². The van der Waals surface area contributed by atoms with Gasteiger partial charge in [-0.3, -0.25) is 9.69 Å². The number of nitrogens with zero attached hydrogens (tertiary/aromatic N) is 1. The number of aliphatic carboxylic acids is 1. The van der Waals surface area contributed by atoms with Crippen molar-refractivity contribution in [2.24, 2.45) is 5.92 Å². The highest BCUT2D eigenvalue weighted by Crippen LogP contribution is 2.22. The Morgan fingerprint density at radius 3 is 3.10 bits per heavy atom. The number of rotatable bonds is 6. The van der Waals surface area contributed by atoms with Crippen LogP contribution in [0.25, 0.3) is 0 Å². The highest BCUT2D eigenvalue weighted by atomic mass is 16.5. The predicted octanol–water partition coefficient (Wildman–Crippen LogP) is 2.77. The molecule has 1 aliphatic heterocycles. The predicted molar refractivity (Wildman–Crippen MR) is 77.9 cm³/mol. The van der Waals surface area contributed by atoms with Gasteiger partial charge in [0.05, 0.1) is 6.61 Å². The molecule has 0 saturated carbocycles. The molecule has 4 heteroatoms. The summed E-state index contributed by atoms with van der Waals surface area (Å²) in [5.74, 6) is 0.510. The number of ether oxygens (including phenoxy) is 1. The van der Waals surface area contributed by atoms with Gasteiger partial charge in [0.25, 0.3) is 0 Å². The van der Waals surface area contributed by atoms with Crippen molar-refractivity contribution in [3.05, 3.63) is 29.8 Å². The number of carbonyl (C=O) groups is 1. The van der Waals surface area contributed by atoms with Crippen molar-refractivity contribution < 1.29 is 14.6 Å². The lowest BCUT2D eigenvalue weighted by atomic mass is 9.94. The summed E-state index contributed by atoms with van der Waals surface area (Å²) in [4.78, 5) is 13.2. The van der Waals surface area contributed by atoms with Crippen LogP contribution in [-0.4, -0.2) is 35.7 Å². The van der Waals surface area contributed by atoms with Crippen LogP contribution in [0.15, 0.2) is 24.3 Å². The zero-order chi connectivity index (χ0) is 14.4. The second kappa shape index (κ2) is 7.29. The molecule has 20 heavy (non-hydrogen) atoms. The first-order chi connectivity index (χ1) is 9.67. The molecule has 0 amide bonds. The fourth-order valence-corrected chi connectivity index (χ4v) is 2.87. The average molecular weight is 277 g/mol. The van der Waals surface area contributed by atoms with Crippen LogP contribution in [0, 0.1) is 5.92 Å². The lowest BCUT2D eigenvalue weighted by molar-refractivity contribution is -0.138. The van der Waals surface area contributed by atoms with E-state index in [4.69, 9.17) is 9.84 Å². The molecule has 0 spiro atoms. The van der Waals surface area contributed by atoms with Crippen LogP contribution in [0.5, 0.6) is 5.75 Å². The van der Waals surface area contributed by atoms with Crippen molar-refractivity contribution in [1.82, 2.24) is 4.90 Å². The van der Waals surface area contributed by atoms with Crippen molar-refractivity contribution >= 4 is 5.97 Å². The Hall–Kier alpha value is -1.55. The summed E-state index contributed by atoms with van der Waals surface area (Å²) in [7, 11) is 0. The van der Waals surface area contributed by atoms with Crippen LogP contribution in [0.2, 0.25) is 0 Å². The van der Waals surface area contributed by atoms with Gasteiger partial charge in [0.2, 0.25) is 0 Å². The number of hydrogen-bond donors (Lipinski definition) is 1. The van der Waals surface area contributed by atoms with Gasteiger partial charge in [-0.2, -0.15) is 0 Å². The van der Waals surface area contributed by atoms with Gasteiger partial charge in [-0.15, -0.1) is 0 Å². The highest BCUT2D eigenvalue weighted by molar-refractivity contribution is 5.67. The molecule has 4 nitrogen and oxygen atoms in total. The summed E-state index contributed by atoms with van der Waals surface area (Å²) >= 11 is 0. The molecule has 0 bridgehead atoms. The largest absolute Gasteiger partial charge is 0.494 e. The van der Waals surface area contributed by atoms with E-state index in [1.165, 1.54) is 5.56 Å². The van der Waals surface area contributed by atoms with Gasteiger partial charge in [0.15, 0.2) is 0 Å². The molecule has 1 unspecified atom stereocenters. The van der Waals surface area contributed by atoms with Crippen LogP contribution in [0.4, 0.5) is 0 Å². The first-order valence-electron chi connectivity index (χ1n) is 7.33. The van der Waals surface area contributed by atoms with Gasteiger partial charge >= 0.3 is 5.97 Å². The first kappa shape index (κ1) is 14.9. The molecule has 1 aliphatic rings. The van der Waals surface area contributed by atoms with Gasteiger partial charge in [0.1, 0.15) is 5.75 Å². The molecule has 1 fully saturated rings. The molecule has 1 N–H and O–H groups in total. The molecule has 110 valence electrons. The summed E-state index contributed by atoms with van der Waals surface area (Å²) in [6.07, 6.45) is 2.40. The molecule has 1 heterocycles. The monoisotopic (exact) mass is 277 g/mol. The summed E-state index contributed by atoms with van der Waals surface area (Å²) in [6.45, 7) is 5.46. The molecule has 1 atom stereocenters. The van der Waals surface area contributed by atoms with Crippen molar-refractivity contribution in [2.75, 3.05) is 19.7 Å². The minimum absolute atomic E-state index is 0.287. The van der Waals surface area contributed by atoms with Crippen LogP contribution < -0.4 is 4.74 Å². The van der Waals surface area contributed by atoms with E-state index in [2.05, 4.69) is 17.0 Å². The number of benzene rings is 1. The van der Waals surface area contributed by atoms with Crippen molar-refractivity contribution in [1.29, 1.82) is 0 Å². The van der Waals surface area contributed by atoms with Gasteiger partial charge in [-0.25, -0.2) is 0 Å². The Kier molecular flexibility index (Phi) is 5.41. The average Bonchev–Trinajstić information content (AvgIpc) is 2.39. The Morgan fingerprint density at radius 1 is 1.50 bits per heavy atom. The zero-order valence-corrected chi connectivity index (χ0v) is 12.0. The number of hydrogen-bond acceptors (Lipinski definition) is 3. The van der Waals surface area contributed by atoms with Crippen molar-refractivity contribution in [3.8, 4) is 5.75 Å². The summed E-state index contributed by atoms with van der Waals surface area (Å²) in [6, 6.07) is 8.16. The smallest absolute Gasteiger partial charge is 0.303 e. The molecule has 1 aromatic carbocycles. The van der Waals surface area contributed by atoms with Gasteiger partial charge in [-0.05, 0) is 49.9 Å². The number of carboxylic acid groups (broad SMARTS) is 1. The fraction of sp³-hybridized carbons (Fsp3) is 0.562. The molecule has 0 aliphatic carbocycles. The SMILES string of the molecule is CCOc1cccc(CN2CCCC(CC(=O)O)C2)c1. The minimum Gasteiger partial charge on any atom is -0.494 e. The molecule has 0 radical (unpaired) electrons. The third-order valence-electron chi connectivity index (χ3n) is 3.68. The first-order valence-corrected chi connectivity index (χ1v) is 7.33. The van der Waals surface area contributed by atoms with Crippen LogP contribution in [0.3, 0.4) is 0 Å². The fourth-order valence-electron chi connectivity index (χ4n) is 2.87. The van der Waals surface area contributed by atoms with Crippen molar-refractivity contribution in [3.63, 3.8) is 0 Å². The van der Waals surface area contributed by atoms with Gasteiger partial charge in [-0.1, -0.05) is 12.1 Å². The van der Waals surface area contributed by atoms with Crippen LogP contribution in [-0.2, 0) is 11.3 Å². The van der Waals surface area contributed by atoms with Crippen LogP contribution in [0.1, 0.15) is 31.7 Å². The Labute approximate surface area is 120 Å². The normalized spacial score (nSPS) is 19.8. The molecular formula is C16H23NO3. The second-order valence-electron chi connectivity index (χ2n) is 5.42. The third kappa shape index (κ3) is 4.53. The van der Waals surface area contributed by atoms with E-state index in [0.717, 1.165) is 38.2 Å². The lowest BCUT2D eigenvalue weighted by Crippen LogP contribution is -2.35. The number of likely N-dealkylation sites (tertiary alicyclic amines) is 1. The summed E-state index contributed by atoms with van der Waals surface area (Å²) < 4.78 is 5.51. The number of carboxylic acids is 1. The van der Waals surface area contributed by atoms with E-state index in [1.807, 2.05) is 19.1 Å². The maximum atomic E-state index is 10.8. The maximum Gasteiger partial charge on any atom is 0.303 e. The highest BCUT2D eigenvalue weighted by Gasteiger charge is 2.22. The third-order valence-corrected chi connectivity index (χ3v) is 3.68. The minimum atomic E-state index is -0.685. The Balaban J connectivity index is 1.91. The lowest BCUT2D eigenvalue weighted by Gasteiger charge is -2.32. The molecular weight excluding hydrogens is 254 g/mol. The molecule has 2 rings (SSSR count). The molecule has 1 aromatic rings. The Bertz CT molecular complexity index is 447. The van der Waals surface area contributed by atoms with Crippen LogP contribution >= 0.6 is 0 Å². The van der Waals surface area contributed by atoms with E-state index in [-0.39, 0.29) is 12.3 Å². The van der Waals surface area contributed by atoms with E-state index in [1.54, 1.807) is 0 Å². The summed E-state index contributed by atoms with van der Waals surface area (Å²) in [5.41, 5.74) is 1.23. The number of piperidine rings is 1. The van der Waals surface area contributed by atoms with E-state index in [9.17, 15) is 4.79 Å². The topological polar surface area (TPSA) is 49.8 Å². The van der Waals surface area contributed by atoms with E-state index < -0.39 is 5.97 Å². The quantitative estimate of drug-likeness (QED) is 0.868. The van der Waals surface area contributed by atoms with E-state index in [0.29, 0.717) is 6.61 Å². The standard InChI is InChI=1S/C16H23NO3/c1-2-20-15-7-3-5-13(9-15)11-17-8-4-6-14(12-17)10-16(18)19/h3,5,7,9,14H,2,4,6,8,10-12H2,1H3,(H,18,19). The molecule has 0 aromatic heterocycles. The van der Waals surface area contributed by atoms with Crippen molar-refractivity contribution in [2.45, 2.75) is 32.7 Å². The second-order valence-corrected chi connectivity index (χ2v) is 5.42. The Morgan fingerprint density at radius 2 is 2.35 bits per heavy atom. The summed E-state index contributed by atoms with van der Waals surface area (Å²) in [5, 5.41) is 8.90. The van der Waals surface area contributed by atoms with Gasteiger partial charge in [0, 0.05) is 19.5 Å².